The van der Waals surface area contributed by atoms with E-state index in [1.165, 1.54) is 12.1 Å². The number of rotatable bonds is 7. The molecule has 1 atom stereocenters. The average molecular weight is 301 g/mol. The molecule has 21 heavy (non-hydrogen) atoms. The molecule has 0 heterocycles. The van der Waals surface area contributed by atoms with Gasteiger partial charge in [0.25, 0.3) is 5.91 Å². The van der Waals surface area contributed by atoms with Crippen molar-refractivity contribution in [2.75, 3.05) is 6.54 Å². The lowest BCUT2D eigenvalue weighted by molar-refractivity contribution is -0.137. The lowest BCUT2D eigenvalue weighted by Gasteiger charge is -2.15. The predicted octanol–water partition coefficient (Wildman–Crippen LogP) is 4.65. The summed E-state index contributed by atoms with van der Waals surface area (Å²) in [6, 6.07) is 4.29. The first-order valence-corrected chi connectivity index (χ1v) is 7.33. The van der Waals surface area contributed by atoms with Gasteiger partial charge in [-0.15, -0.1) is 0 Å². The van der Waals surface area contributed by atoms with Gasteiger partial charge < -0.3 is 5.32 Å². The van der Waals surface area contributed by atoms with Crippen molar-refractivity contribution in [2.24, 2.45) is 5.92 Å². The van der Waals surface area contributed by atoms with Gasteiger partial charge in [0.1, 0.15) is 0 Å². The lowest BCUT2D eigenvalue weighted by Crippen LogP contribution is -2.29. The third kappa shape index (κ3) is 5.78. The van der Waals surface area contributed by atoms with Gasteiger partial charge in [-0.05, 0) is 36.6 Å². The normalized spacial score (nSPS) is 13.0. The number of benzene rings is 1. The quantitative estimate of drug-likeness (QED) is 0.780. The monoisotopic (exact) mass is 301 g/mol. The van der Waals surface area contributed by atoms with Gasteiger partial charge in [0.15, 0.2) is 0 Å². The molecule has 1 N–H and O–H groups in total. The maximum Gasteiger partial charge on any atom is 0.416 e. The van der Waals surface area contributed by atoms with Crippen molar-refractivity contribution in [1.29, 1.82) is 0 Å². The Morgan fingerprint density at radius 2 is 1.81 bits per heavy atom. The zero-order valence-electron chi connectivity index (χ0n) is 12.5. The number of hydrogen-bond donors (Lipinski definition) is 1. The first-order valence-electron chi connectivity index (χ1n) is 7.33. The highest BCUT2D eigenvalue weighted by molar-refractivity contribution is 5.94. The van der Waals surface area contributed by atoms with Crippen LogP contribution < -0.4 is 5.32 Å². The smallest absolute Gasteiger partial charge is 0.352 e. The molecular formula is C16H22F3NO. The molecule has 1 rings (SSSR count). The zero-order valence-corrected chi connectivity index (χ0v) is 12.5. The molecule has 0 aliphatic carbocycles. The van der Waals surface area contributed by atoms with E-state index in [1.807, 2.05) is 0 Å². The van der Waals surface area contributed by atoms with Gasteiger partial charge in [-0.2, -0.15) is 13.2 Å². The summed E-state index contributed by atoms with van der Waals surface area (Å²) in [4.78, 5) is 11.9. The van der Waals surface area contributed by atoms with Gasteiger partial charge >= 0.3 is 6.18 Å². The molecule has 0 bridgehead atoms. The SMILES string of the molecule is CCCCC(CC)CNC(=O)c1ccc(C(F)(F)F)cc1. The number of alkyl halides is 3. The second-order valence-electron chi connectivity index (χ2n) is 5.20. The largest absolute Gasteiger partial charge is 0.416 e. The van der Waals surface area contributed by atoms with E-state index in [1.54, 1.807) is 0 Å². The summed E-state index contributed by atoms with van der Waals surface area (Å²) in [6.45, 7) is 4.76. The number of hydrogen-bond acceptors (Lipinski definition) is 1. The molecule has 1 aromatic carbocycles. The standard InChI is InChI=1S/C16H22F3NO/c1-3-5-6-12(4-2)11-20-15(21)13-7-9-14(10-8-13)16(17,18)19/h7-10,12H,3-6,11H2,1-2H3,(H,20,21). The van der Waals surface area contributed by atoms with Crippen molar-refractivity contribution in [3.63, 3.8) is 0 Å². The maximum absolute atomic E-state index is 12.4. The molecule has 2 nitrogen and oxygen atoms in total. The maximum atomic E-state index is 12.4. The van der Waals surface area contributed by atoms with Crippen LogP contribution in [0, 0.1) is 5.92 Å². The summed E-state index contributed by atoms with van der Waals surface area (Å²) in [5, 5.41) is 2.80. The fourth-order valence-electron chi connectivity index (χ4n) is 2.09. The Morgan fingerprint density at radius 1 is 1.19 bits per heavy atom. The van der Waals surface area contributed by atoms with Gasteiger partial charge in [-0.25, -0.2) is 0 Å². The molecule has 0 aromatic heterocycles. The molecule has 0 spiro atoms. The highest BCUT2D eigenvalue weighted by atomic mass is 19.4. The number of amides is 1. The van der Waals surface area contributed by atoms with Crippen LogP contribution in [0.15, 0.2) is 24.3 Å². The zero-order chi connectivity index (χ0) is 15.9. The number of unbranched alkanes of at least 4 members (excludes halogenated alkanes) is 1. The van der Waals surface area contributed by atoms with Crippen LogP contribution in [-0.4, -0.2) is 12.5 Å². The summed E-state index contributed by atoms with van der Waals surface area (Å²) in [7, 11) is 0. The second kappa shape index (κ2) is 8.05. The fourth-order valence-corrected chi connectivity index (χ4v) is 2.09. The van der Waals surface area contributed by atoms with Crippen LogP contribution in [0.2, 0.25) is 0 Å². The van der Waals surface area contributed by atoms with Gasteiger partial charge in [0.2, 0.25) is 0 Å². The van der Waals surface area contributed by atoms with Crippen molar-refractivity contribution in [3.8, 4) is 0 Å². The van der Waals surface area contributed by atoms with E-state index in [-0.39, 0.29) is 11.5 Å². The molecule has 0 fully saturated rings. The van der Waals surface area contributed by atoms with Crippen LogP contribution >= 0.6 is 0 Å². The summed E-state index contributed by atoms with van der Waals surface area (Å²) >= 11 is 0. The minimum Gasteiger partial charge on any atom is -0.352 e. The third-order valence-electron chi connectivity index (χ3n) is 3.57. The van der Waals surface area contributed by atoms with Crippen molar-refractivity contribution < 1.29 is 18.0 Å². The van der Waals surface area contributed by atoms with Crippen LogP contribution in [0.25, 0.3) is 0 Å². The van der Waals surface area contributed by atoms with Crippen LogP contribution in [0.3, 0.4) is 0 Å². The van der Waals surface area contributed by atoms with Gasteiger partial charge in [0, 0.05) is 12.1 Å². The van der Waals surface area contributed by atoms with Crippen molar-refractivity contribution >= 4 is 5.91 Å². The molecule has 1 unspecified atom stereocenters. The Labute approximate surface area is 123 Å². The summed E-state index contributed by atoms with van der Waals surface area (Å²) < 4.78 is 37.3. The molecule has 1 amide bonds. The minimum absolute atomic E-state index is 0.258. The van der Waals surface area contributed by atoms with Crippen LogP contribution in [0.5, 0.6) is 0 Å². The van der Waals surface area contributed by atoms with Gasteiger partial charge in [-0.3, -0.25) is 4.79 Å². The Balaban J connectivity index is 2.55. The van der Waals surface area contributed by atoms with Crippen molar-refractivity contribution in [3.05, 3.63) is 35.4 Å². The van der Waals surface area contributed by atoms with Crippen molar-refractivity contribution in [2.45, 2.75) is 45.7 Å². The Kier molecular flexibility index (Phi) is 6.72. The third-order valence-corrected chi connectivity index (χ3v) is 3.57. The first kappa shape index (κ1) is 17.5. The van der Waals surface area contributed by atoms with E-state index in [0.717, 1.165) is 37.8 Å². The van der Waals surface area contributed by atoms with E-state index in [2.05, 4.69) is 19.2 Å². The molecular weight excluding hydrogens is 279 g/mol. The second-order valence-corrected chi connectivity index (χ2v) is 5.20. The highest BCUT2D eigenvalue weighted by Gasteiger charge is 2.30. The van der Waals surface area contributed by atoms with E-state index in [4.69, 9.17) is 0 Å². The Hall–Kier alpha value is -1.52. The van der Waals surface area contributed by atoms with Crippen LogP contribution in [0.1, 0.15) is 55.5 Å². The highest BCUT2D eigenvalue weighted by Crippen LogP contribution is 2.29. The van der Waals surface area contributed by atoms with Crippen LogP contribution in [0.4, 0.5) is 13.2 Å². The summed E-state index contributed by atoms with van der Waals surface area (Å²) in [5.41, 5.74) is -0.484. The topological polar surface area (TPSA) is 29.1 Å². The van der Waals surface area contributed by atoms with E-state index in [9.17, 15) is 18.0 Å². The Morgan fingerprint density at radius 3 is 2.29 bits per heavy atom. The van der Waals surface area contributed by atoms with E-state index < -0.39 is 11.7 Å². The Bertz CT molecular complexity index is 440. The lowest BCUT2D eigenvalue weighted by atomic mass is 9.99. The summed E-state index contributed by atoms with van der Waals surface area (Å²) in [6.07, 6.45) is -0.103. The van der Waals surface area contributed by atoms with Gasteiger partial charge in [0.05, 0.1) is 5.56 Å². The summed E-state index contributed by atoms with van der Waals surface area (Å²) in [5.74, 6) is 0.0991. The van der Waals surface area contributed by atoms with E-state index in [0.29, 0.717) is 12.5 Å². The number of carbonyl (C=O) groups is 1. The molecule has 0 aliphatic heterocycles. The molecule has 0 saturated heterocycles. The molecule has 5 heteroatoms. The molecule has 0 radical (unpaired) electrons. The molecule has 0 aliphatic rings. The van der Waals surface area contributed by atoms with E-state index >= 15 is 0 Å². The molecule has 118 valence electrons. The number of carbonyl (C=O) groups excluding carboxylic acids is 1. The van der Waals surface area contributed by atoms with Gasteiger partial charge in [-0.1, -0.05) is 33.1 Å². The van der Waals surface area contributed by atoms with Crippen molar-refractivity contribution in [1.82, 2.24) is 5.32 Å². The predicted molar refractivity (Wildman–Crippen MR) is 77.1 cm³/mol. The average Bonchev–Trinajstić information content (AvgIpc) is 2.46. The number of nitrogens with one attached hydrogen (secondary N) is 1. The number of halogens is 3. The first-order chi connectivity index (χ1) is 9.88. The molecule has 1 aromatic rings. The minimum atomic E-state index is -4.37. The molecule has 0 saturated carbocycles. The fraction of sp³-hybridized carbons (Fsp3) is 0.562. The van der Waals surface area contributed by atoms with Crippen LogP contribution in [-0.2, 0) is 6.18 Å².